The first-order chi connectivity index (χ1) is 10.7. The van der Waals surface area contributed by atoms with Gasteiger partial charge in [0.2, 0.25) is 0 Å². The Morgan fingerprint density at radius 2 is 2.23 bits per heavy atom. The van der Waals surface area contributed by atoms with Gasteiger partial charge in [0.05, 0.1) is 17.4 Å². The van der Waals surface area contributed by atoms with Crippen LogP contribution in [0.3, 0.4) is 0 Å². The highest BCUT2D eigenvalue weighted by Crippen LogP contribution is 2.18. The minimum atomic E-state index is -0.490. The van der Waals surface area contributed by atoms with E-state index in [0.29, 0.717) is 22.4 Å². The summed E-state index contributed by atoms with van der Waals surface area (Å²) in [4.78, 5) is 11.0. The molecule has 3 rings (SSSR count). The van der Waals surface area contributed by atoms with Gasteiger partial charge in [0, 0.05) is 17.4 Å². The number of pyridine rings is 1. The standard InChI is InChI=1S/C15H10FN5O/c1-2-9-7-10(3-4-12(9)16)20-14(21-22)11-5-6-17-15-13(11)18-8-19-15/h1,3-8,22H,(H,20,21)(H,17,18,19). The van der Waals surface area contributed by atoms with Crippen molar-refractivity contribution < 1.29 is 9.60 Å². The van der Waals surface area contributed by atoms with Crippen molar-refractivity contribution in [2.75, 3.05) is 5.32 Å². The fourth-order valence-corrected chi connectivity index (χ4v) is 2.04. The van der Waals surface area contributed by atoms with E-state index in [1.165, 1.54) is 24.5 Å². The van der Waals surface area contributed by atoms with Gasteiger partial charge >= 0.3 is 0 Å². The van der Waals surface area contributed by atoms with Crippen LogP contribution >= 0.6 is 0 Å². The lowest BCUT2D eigenvalue weighted by molar-refractivity contribution is 0.319. The molecular weight excluding hydrogens is 285 g/mol. The maximum atomic E-state index is 13.4. The maximum Gasteiger partial charge on any atom is 0.179 e. The number of amidine groups is 1. The molecule has 6 nitrogen and oxygen atoms in total. The van der Waals surface area contributed by atoms with Gasteiger partial charge in [-0.1, -0.05) is 11.1 Å². The topological polar surface area (TPSA) is 86.2 Å². The highest BCUT2D eigenvalue weighted by atomic mass is 19.1. The molecule has 3 aromatic rings. The number of imidazole rings is 1. The van der Waals surface area contributed by atoms with Gasteiger partial charge in [-0.15, -0.1) is 6.42 Å². The average molecular weight is 295 g/mol. The first-order valence-corrected chi connectivity index (χ1v) is 6.26. The van der Waals surface area contributed by atoms with Gasteiger partial charge in [-0.2, -0.15) is 0 Å². The van der Waals surface area contributed by atoms with Crippen molar-refractivity contribution in [1.82, 2.24) is 15.0 Å². The smallest absolute Gasteiger partial charge is 0.179 e. The van der Waals surface area contributed by atoms with E-state index in [0.717, 1.165) is 0 Å². The molecule has 0 spiro atoms. The number of nitrogens with one attached hydrogen (secondary N) is 2. The molecule has 0 saturated heterocycles. The highest BCUT2D eigenvalue weighted by molar-refractivity contribution is 6.13. The molecule has 0 aliphatic rings. The molecule has 0 saturated carbocycles. The zero-order valence-corrected chi connectivity index (χ0v) is 11.2. The first-order valence-electron chi connectivity index (χ1n) is 6.26. The normalized spacial score (nSPS) is 11.4. The SMILES string of the molecule is C#Cc1cc(N/C(=N\O)c2ccnc3nc[nH]c23)ccc1F. The third-order valence-electron chi connectivity index (χ3n) is 3.07. The number of hydrogen-bond donors (Lipinski definition) is 3. The number of terminal acetylenes is 1. The van der Waals surface area contributed by atoms with Crippen LogP contribution in [0.5, 0.6) is 0 Å². The molecular formula is C15H10FN5O. The van der Waals surface area contributed by atoms with Crippen LogP contribution in [-0.2, 0) is 0 Å². The van der Waals surface area contributed by atoms with E-state index >= 15 is 0 Å². The van der Waals surface area contributed by atoms with Gasteiger partial charge in [0.1, 0.15) is 5.82 Å². The summed E-state index contributed by atoms with van der Waals surface area (Å²) >= 11 is 0. The fourth-order valence-electron chi connectivity index (χ4n) is 2.04. The van der Waals surface area contributed by atoms with Crippen molar-refractivity contribution in [3.8, 4) is 12.3 Å². The molecule has 0 atom stereocenters. The molecule has 1 aromatic carbocycles. The number of oxime groups is 1. The summed E-state index contributed by atoms with van der Waals surface area (Å²) < 4.78 is 13.4. The summed E-state index contributed by atoms with van der Waals surface area (Å²) in [6.45, 7) is 0. The molecule has 22 heavy (non-hydrogen) atoms. The van der Waals surface area contributed by atoms with E-state index in [1.54, 1.807) is 12.3 Å². The molecule has 3 N–H and O–H groups in total. The van der Waals surface area contributed by atoms with Gasteiger partial charge in [-0.3, -0.25) is 0 Å². The molecule has 0 unspecified atom stereocenters. The first kappa shape index (κ1) is 13.6. The number of fused-ring (bicyclic) bond motifs is 1. The van der Waals surface area contributed by atoms with Crippen LogP contribution in [0.25, 0.3) is 11.2 Å². The van der Waals surface area contributed by atoms with Crippen LogP contribution in [0.4, 0.5) is 10.1 Å². The number of aromatic amines is 1. The lowest BCUT2D eigenvalue weighted by Gasteiger charge is -2.09. The predicted octanol–water partition coefficient (Wildman–Crippen LogP) is 2.33. The van der Waals surface area contributed by atoms with Gasteiger partial charge in [-0.05, 0) is 24.3 Å². The summed E-state index contributed by atoms with van der Waals surface area (Å²) in [6, 6.07) is 5.84. The second-order valence-electron chi connectivity index (χ2n) is 4.37. The largest absolute Gasteiger partial charge is 0.409 e. The molecule has 2 heterocycles. The predicted molar refractivity (Wildman–Crippen MR) is 80.2 cm³/mol. The molecule has 2 aromatic heterocycles. The Kier molecular flexibility index (Phi) is 3.42. The number of aromatic nitrogens is 3. The molecule has 7 heteroatoms. The summed E-state index contributed by atoms with van der Waals surface area (Å²) in [5.41, 5.74) is 2.28. The number of H-pyrrole nitrogens is 1. The van der Waals surface area contributed by atoms with Gasteiger partial charge in [-0.25, -0.2) is 14.4 Å². The number of benzene rings is 1. The molecule has 108 valence electrons. The van der Waals surface area contributed by atoms with E-state index < -0.39 is 5.82 Å². The third kappa shape index (κ3) is 2.33. The van der Waals surface area contributed by atoms with Crippen LogP contribution in [0.15, 0.2) is 41.9 Å². The Morgan fingerprint density at radius 3 is 3.00 bits per heavy atom. The van der Waals surface area contributed by atoms with Crippen molar-refractivity contribution in [1.29, 1.82) is 0 Å². The average Bonchev–Trinajstić information content (AvgIpc) is 3.02. The minimum Gasteiger partial charge on any atom is -0.409 e. The van der Waals surface area contributed by atoms with Gasteiger partial charge in [0.25, 0.3) is 0 Å². The lowest BCUT2D eigenvalue weighted by Crippen LogP contribution is -2.14. The number of rotatable bonds is 2. The Balaban J connectivity index is 2.00. The van der Waals surface area contributed by atoms with Crippen molar-refractivity contribution in [2.45, 2.75) is 0 Å². The van der Waals surface area contributed by atoms with E-state index in [2.05, 4.69) is 31.3 Å². The number of nitrogens with zero attached hydrogens (tertiary/aromatic N) is 3. The van der Waals surface area contributed by atoms with E-state index in [4.69, 9.17) is 6.42 Å². The second kappa shape index (κ2) is 5.54. The van der Waals surface area contributed by atoms with Crippen molar-refractivity contribution in [3.05, 3.63) is 53.7 Å². The summed E-state index contributed by atoms with van der Waals surface area (Å²) in [5, 5.41) is 15.4. The van der Waals surface area contributed by atoms with E-state index in [9.17, 15) is 9.60 Å². The Labute approximate surface area is 124 Å². The zero-order chi connectivity index (χ0) is 15.5. The van der Waals surface area contributed by atoms with Crippen molar-refractivity contribution in [2.24, 2.45) is 5.16 Å². The zero-order valence-electron chi connectivity index (χ0n) is 11.2. The monoisotopic (exact) mass is 295 g/mol. The lowest BCUT2D eigenvalue weighted by atomic mass is 10.1. The molecule has 0 amide bonds. The molecule has 0 aliphatic heterocycles. The number of halogens is 1. The van der Waals surface area contributed by atoms with Crippen LogP contribution in [0.2, 0.25) is 0 Å². The van der Waals surface area contributed by atoms with Crippen LogP contribution in [0, 0.1) is 18.2 Å². The van der Waals surface area contributed by atoms with Crippen LogP contribution in [-0.4, -0.2) is 26.0 Å². The Bertz CT molecular complexity index is 910. The van der Waals surface area contributed by atoms with Crippen molar-refractivity contribution in [3.63, 3.8) is 0 Å². The molecule has 0 fully saturated rings. The maximum absolute atomic E-state index is 13.4. The van der Waals surface area contributed by atoms with Crippen LogP contribution in [0.1, 0.15) is 11.1 Å². The molecule has 0 aliphatic carbocycles. The van der Waals surface area contributed by atoms with E-state index in [-0.39, 0.29) is 11.4 Å². The number of anilines is 1. The Morgan fingerprint density at radius 1 is 1.36 bits per heavy atom. The molecule has 0 radical (unpaired) electrons. The fraction of sp³-hybridized carbons (Fsp3) is 0. The highest BCUT2D eigenvalue weighted by Gasteiger charge is 2.12. The second-order valence-corrected chi connectivity index (χ2v) is 4.37. The summed E-state index contributed by atoms with van der Waals surface area (Å²) in [7, 11) is 0. The minimum absolute atomic E-state index is 0.115. The Hall–Kier alpha value is -3.40. The quantitative estimate of drug-likeness (QED) is 0.223. The van der Waals surface area contributed by atoms with Gasteiger partial charge in [0.15, 0.2) is 11.5 Å². The van der Waals surface area contributed by atoms with Gasteiger partial charge < -0.3 is 15.5 Å². The van der Waals surface area contributed by atoms with Crippen molar-refractivity contribution >= 4 is 22.7 Å². The summed E-state index contributed by atoms with van der Waals surface area (Å²) in [5.74, 6) is 1.92. The number of hydrogen-bond acceptors (Lipinski definition) is 4. The van der Waals surface area contributed by atoms with Crippen LogP contribution < -0.4 is 5.32 Å². The summed E-state index contributed by atoms with van der Waals surface area (Å²) in [6.07, 6.45) is 8.27. The van der Waals surface area contributed by atoms with E-state index in [1.807, 2.05) is 0 Å². The third-order valence-corrected chi connectivity index (χ3v) is 3.07. The molecule has 0 bridgehead atoms.